The first-order valence-corrected chi connectivity index (χ1v) is 10.5. The predicted octanol–water partition coefficient (Wildman–Crippen LogP) is 2.03. The summed E-state index contributed by atoms with van der Waals surface area (Å²) in [7, 11) is 0. The Bertz CT molecular complexity index is 1370. The number of nitrogen functional groups attached to an aromatic ring is 1. The van der Waals surface area contributed by atoms with Crippen molar-refractivity contribution in [3.63, 3.8) is 0 Å². The Labute approximate surface area is 182 Å². The standard InChI is InChI=1S/C22H24FN7O2/c1-2-3-11-30-21(31)18-20(28-17(27-18)13-16-19(23)26-10-9-25-16)29(22(30)32)12-8-14-6-4-5-7-15(14)24/h4-7,9-10H,2-3,8,11-13,24H2,1H3,(H,27,28). The molecule has 0 radical (unpaired) electrons. The van der Waals surface area contributed by atoms with Crippen molar-refractivity contribution in [2.24, 2.45) is 0 Å². The molecule has 0 spiro atoms. The van der Waals surface area contributed by atoms with E-state index in [9.17, 15) is 14.0 Å². The molecule has 0 atom stereocenters. The summed E-state index contributed by atoms with van der Waals surface area (Å²) in [6, 6.07) is 7.43. The molecule has 0 unspecified atom stereocenters. The van der Waals surface area contributed by atoms with Crippen molar-refractivity contribution in [2.45, 2.75) is 45.7 Å². The number of aromatic amines is 1. The number of fused-ring (bicyclic) bond motifs is 1. The van der Waals surface area contributed by atoms with Gasteiger partial charge < -0.3 is 10.7 Å². The average Bonchev–Trinajstić information content (AvgIpc) is 3.20. The van der Waals surface area contributed by atoms with Crippen LogP contribution < -0.4 is 17.0 Å². The molecule has 3 aromatic heterocycles. The third-order valence-electron chi connectivity index (χ3n) is 5.36. The Hall–Kier alpha value is -3.82. The van der Waals surface area contributed by atoms with E-state index in [1.807, 2.05) is 25.1 Å². The number of nitrogens with one attached hydrogen (secondary N) is 1. The molecule has 0 saturated heterocycles. The van der Waals surface area contributed by atoms with Crippen LogP contribution in [0.5, 0.6) is 0 Å². The van der Waals surface area contributed by atoms with Crippen molar-refractivity contribution in [3.05, 3.63) is 80.5 Å². The lowest BCUT2D eigenvalue weighted by Crippen LogP contribution is -2.40. The summed E-state index contributed by atoms with van der Waals surface area (Å²) >= 11 is 0. The third kappa shape index (κ3) is 4.16. The molecule has 0 aliphatic rings. The zero-order valence-electron chi connectivity index (χ0n) is 17.7. The number of halogens is 1. The number of H-pyrrole nitrogens is 1. The van der Waals surface area contributed by atoms with E-state index in [1.54, 1.807) is 6.07 Å². The number of nitrogens with two attached hydrogens (primary N) is 1. The van der Waals surface area contributed by atoms with Gasteiger partial charge in [0.15, 0.2) is 5.65 Å². The number of para-hydroxylation sites is 1. The van der Waals surface area contributed by atoms with Gasteiger partial charge in [-0.15, -0.1) is 0 Å². The van der Waals surface area contributed by atoms with Crippen molar-refractivity contribution in [1.29, 1.82) is 0 Å². The highest BCUT2D eigenvalue weighted by Gasteiger charge is 2.18. The van der Waals surface area contributed by atoms with Gasteiger partial charge in [-0.2, -0.15) is 4.39 Å². The summed E-state index contributed by atoms with van der Waals surface area (Å²) in [6.45, 7) is 2.59. The van der Waals surface area contributed by atoms with Crippen molar-refractivity contribution < 1.29 is 4.39 Å². The van der Waals surface area contributed by atoms with E-state index < -0.39 is 17.2 Å². The first-order valence-electron chi connectivity index (χ1n) is 10.5. The zero-order chi connectivity index (χ0) is 22.7. The minimum atomic E-state index is -0.703. The lowest BCUT2D eigenvalue weighted by Gasteiger charge is -2.12. The number of imidazole rings is 1. The number of unbranched alkanes of at least 4 members (excludes halogenated alkanes) is 1. The Morgan fingerprint density at radius 2 is 1.88 bits per heavy atom. The molecule has 4 aromatic rings. The summed E-state index contributed by atoms with van der Waals surface area (Å²) in [4.78, 5) is 41.2. The van der Waals surface area contributed by atoms with Crippen molar-refractivity contribution >= 4 is 16.9 Å². The van der Waals surface area contributed by atoms with Crippen LogP contribution >= 0.6 is 0 Å². The van der Waals surface area contributed by atoms with Gasteiger partial charge in [-0.1, -0.05) is 31.5 Å². The maximum absolute atomic E-state index is 14.0. The molecule has 1 aromatic carbocycles. The minimum absolute atomic E-state index is 0.0164. The summed E-state index contributed by atoms with van der Waals surface area (Å²) in [5.41, 5.74) is 7.27. The summed E-state index contributed by atoms with van der Waals surface area (Å²) < 4.78 is 16.7. The Balaban J connectivity index is 1.79. The van der Waals surface area contributed by atoms with Crippen LogP contribution in [0.2, 0.25) is 0 Å². The van der Waals surface area contributed by atoms with Gasteiger partial charge in [-0.05, 0) is 24.5 Å². The molecule has 32 heavy (non-hydrogen) atoms. The second kappa shape index (κ2) is 9.13. The third-order valence-corrected chi connectivity index (χ3v) is 5.36. The molecule has 0 fully saturated rings. The SMILES string of the molecule is CCCCn1c(=O)c2[nH]c(Cc3nccnc3F)nc2n(CCc2ccccc2N)c1=O. The number of nitrogens with zero attached hydrogens (tertiary/aromatic N) is 5. The number of aromatic nitrogens is 6. The number of hydrogen-bond donors (Lipinski definition) is 2. The number of benzene rings is 1. The molecule has 0 aliphatic heterocycles. The molecule has 0 aliphatic carbocycles. The van der Waals surface area contributed by atoms with E-state index in [2.05, 4.69) is 19.9 Å². The predicted molar refractivity (Wildman–Crippen MR) is 119 cm³/mol. The topological polar surface area (TPSA) is 124 Å². The van der Waals surface area contributed by atoms with Crippen molar-refractivity contribution in [3.8, 4) is 0 Å². The van der Waals surface area contributed by atoms with Crippen LogP contribution in [0.25, 0.3) is 11.2 Å². The number of aryl methyl sites for hydroxylation is 2. The maximum atomic E-state index is 14.0. The van der Waals surface area contributed by atoms with Crippen LogP contribution in [0.1, 0.15) is 36.8 Å². The Morgan fingerprint density at radius 1 is 1.09 bits per heavy atom. The van der Waals surface area contributed by atoms with Gasteiger partial charge in [0.2, 0.25) is 5.95 Å². The smallest absolute Gasteiger partial charge is 0.332 e. The number of rotatable bonds is 8. The van der Waals surface area contributed by atoms with Gasteiger partial charge in [0.1, 0.15) is 17.0 Å². The lowest BCUT2D eigenvalue weighted by molar-refractivity contribution is 0.542. The van der Waals surface area contributed by atoms with Crippen molar-refractivity contribution in [2.75, 3.05) is 5.73 Å². The Morgan fingerprint density at radius 3 is 2.62 bits per heavy atom. The second-order valence-electron chi connectivity index (χ2n) is 7.55. The van der Waals surface area contributed by atoms with Crippen LogP contribution in [-0.4, -0.2) is 29.1 Å². The van der Waals surface area contributed by atoms with E-state index in [1.165, 1.54) is 21.5 Å². The van der Waals surface area contributed by atoms with Crippen LogP contribution in [0, 0.1) is 5.95 Å². The first-order chi connectivity index (χ1) is 15.5. The molecule has 0 bridgehead atoms. The zero-order valence-corrected chi connectivity index (χ0v) is 17.7. The van der Waals surface area contributed by atoms with Gasteiger partial charge >= 0.3 is 5.69 Å². The fraction of sp³-hybridized carbons (Fsp3) is 0.318. The number of anilines is 1. The molecule has 10 heteroatoms. The molecular formula is C22H24FN7O2. The monoisotopic (exact) mass is 437 g/mol. The molecule has 9 nitrogen and oxygen atoms in total. The van der Waals surface area contributed by atoms with Crippen LogP contribution in [0.3, 0.4) is 0 Å². The van der Waals surface area contributed by atoms with E-state index in [4.69, 9.17) is 5.73 Å². The molecule has 0 saturated carbocycles. The fourth-order valence-corrected chi connectivity index (χ4v) is 3.63. The van der Waals surface area contributed by atoms with Gasteiger partial charge in [0.05, 0.1) is 6.42 Å². The summed E-state index contributed by atoms with van der Waals surface area (Å²) in [5.74, 6) is -0.373. The molecule has 3 N–H and O–H groups in total. The normalized spacial score (nSPS) is 11.3. The summed E-state index contributed by atoms with van der Waals surface area (Å²) in [5, 5.41) is 0. The van der Waals surface area contributed by atoms with E-state index >= 15 is 0 Å². The molecule has 166 valence electrons. The lowest BCUT2D eigenvalue weighted by atomic mass is 10.1. The fourth-order valence-electron chi connectivity index (χ4n) is 3.63. The van der Waals surface area contributed by atoms with E-state index in [0.717, 1.165) is 12.0 Å². The van der Waals surface area contributed by atoms with Crippen LogP contribution in [0.4, 0.5) is 10.1 Å². The van der Waals surface area contributed by atoms with Gasteiger partial charge in [0, 0.05) is 31.2 Å². The van der Waals surface area contributed by atoms with Gasteiger partial charge in [-0.3, -0.25) is 18.9 Å². The second-order valence-corrected chi connectivity index (χ2v) is 7.55. The molecule has 3 heterocycles. The highest BCUT2D eigenvalue weighted by atomic mass is 19.1. The van der Waals surface area contributed by atoms with Gasteiger partial charge in [0.25, 0.3) is 5.56 Å². The molecular weight excluding hydrogens is 413 g/mol. The highest BCUT2D eigenvalue weighted by molar-refractivity contribution is 5.70. The van der Waals surface area contributed by atoms with E-state index in [0.29, 0.717) is 37.4 Å². The first kappa shape index (κ1) is 21.4. The Kier molecular flexibility index (Phi) is 6.11. The summed E-state index contributed by atoms with van der Waals surface area (Å²) in [6.07, 6.45) is 4.69. The number of hydrogen-bond acceptors (Lipinski definition) is 6. The molecule has 4 rings (SSSR count). The molecule has 0 amide bonds. The van der Waals surface area contributed by atoms with E-state index in [-0.39, 0.29) is 23.3 Å². The van der Waals surface area contributed by atoms with Gasteiger partial charge in [-0.25, -0.2) is 14.8 Å². The average molecular weight is 437 g/mol. The quantitative estimate of drug-likeness (QED) is 0.407. The minimum Gasteiger partial charge on any atom is -0.399 e. The van der Waals surface area contributed by atoms with Crippen molar-refractivity contribution in [1.82, 2.24) is 29.1 Å². The van der Waals surface area contributed by atoms with Crippen LogP contribution in [-0.2, 0) is 25.9 Å². The highest BCUT2D eigenvalue weighted by Crippen LogP contribution is 2.14. The largest absolute Gasteiger partial charge is 0.399 e. The van der Waals surface area contributed by atoms with Crippen LogP contribution in [0.15, 0.2) is 46.2 Å². The maximum Gasteiger partial charge on any atom is 0.332 e.